The maximum Gasteiger partial charge on any atom is 0.302 e. The molecular weight excluding hydrogens is 368 g/mol. The molecule has 0 amide bonds. The van der Waals surface area contributed by atoms with Crippen LogP contribution in [-0.4, -0.2) is 37.0 Å². The normalized spacial score (nSPS) is 23.6. The Morgan fingerprint density at radius 2 is 1.45 bits per heavy atom. The third-order valence-electron chi connectivity index (χ3n) is 4.83. The van der Waals surface area contributed by atoms with Gasteiger partial charge in [0.05, 0.1) is 19.3 Å². The first-order chi connectivity index (χ1) is 14.2. The van der Waals surface area contributed by atoms with Gasteiger partial charge >= 0.3 is 5.97 Å². The standard InChI is InChI=1S/C24H28O5/c1-3-10-21-23(27-15-19-11-6-4-7-12-19)24(22(29-21)17-26-18(2)25)28-16-20-13-8-5-9-14-20/h3-9,11-14,21-24H,1,10,15-17H2,2H3/t21?,22-,23-,24-/m0/s1. The van der Waals surface area contributed by atoms with E-state index >= 15 is 0 Å². The molecule has 1 unspecified atom stereocenters. The third-order valence-corrected chi connectivity index (χ3v) is 4.83. The summed E-state index contributed by atoms with van der Waals surface area (Å²) in [5.41, 5.74) is 2.14. The third kappa shape index (κ3) is 6.26. The lowest BCUT2D eigenvalue weighted by molar-refractivity contribution is -0.148. The summed E-state index contributed by atoms with van der Waals surface area (Å²) < 4.78 is 23.9. The molecule has 5 nitrogen and oxygen atoms in total. The van der Waals surface area contributed by atoms with Gasteiger partial charge in [-0.3, -0.25) is 4.79 Å². The first kappa shape index (κ1) is 21.2. The van der Waals surface area contributed by atoms with Gasteiger partial charge in [-0.15, -0.1) is 6.58 Å². The zero-order valence-electron chi connectivity index (χ0n) is 16.7. The Labute approximate surface area is 172 Å². The van der Waals surface area contributed by atoms with Crippen LogP contribution in [0.4, 0.5) is 0 Å². The minimum absolute atomic E-state index is 0.133. The second kappa shape index (κ2) is 10.9. The first-order valence-electron chi connectivity index (χ1n) is 9.88. The van der Waals surface area contributed by atoms with E-state index in [0.29, 0.717) is 19.6 Å². The fourth-order valence-electron chi connectivity index (χ4n) is 3.43. The number of carbonyl (C=O) groups excluding carboxylic acids is 1. The Morgan fingerprint density at radius 3 is 1.93 bits per heavy atom. The topological polar surface area (TPSA) is 54.0 Å². The molecule has 3 rings (SSSR count). The summed E-state index contributed by atoms with van der Waals surface area (Å²) in [5.74, 6) is -0.343. The van der Waals surface area contributed by atoms with Gasteiger partial charge in [0.15, 0.2) is 0 Å². The van der Waals surface area contributed by atoms with Crippen LogP contribution in [0.1, 0.15) is 24.5 Å². The predicted molar refractivity (Wildman–Crippen MR) is 110 cm³/mol. The molecule has 2 aromatic rings. The second-order valence-corrected chi connectivity index (χ2v) is 7.06. The van der Waals surface area contributed by atoms with Crippen LogP contribution in [-0.2, 0) is 37.0 Å². The van der Waals surface area contributed by atoms with Crippen LogP contribution in [0, 0.1) is 0 Å². The molecule has 29 heavy (non-hydrogen) atoms. The summed E-state index contributed by atoms with van der Waals surface area (Å²) in [7, 11) is 0. The molecule has 0 saturated carbocycles. The molecule has 2 aromatic carbocycles. The Morgan fingerprint density at radius 1 is 0.931 bits per heavy atom. The summed E-state index contributed by atoms with van der Waals surface area (Å²) in [6.07, 6.45) is 1.18. The van der Waals surface area contributed by atoms with Gasteiger partial charge < -0.3 is 18.9 Å². The van der Waals surface area contributed by atoms with Crippen molar-refractivity contribution in [3.05, 3.63) is 84.4 Å². The van der Waals surface area contributed by atoms with E-state index in [2.05, 4.69) is 6.58 Å². The average Bonchev–Trinajstić information content (AvgIpc) is 3.07. The number of rotatable bonds is 10. The van der Waals surface area contributed by atoms with Crippen molar-refractivity contribution in [1.29, 1.82) is 0 Å². The molecule has 1 aliphatic heterocycles. The van der Waals surface area contributed by atoms with E-state index < -0.39 is 6.10 Å². The van der Waals surface area contributed by atoms with Crippen LogP contribution >= 0.6 is 0 Å². The van der Waals surface area contributed by atoms with Gasteiger partial charge in [-0.05, 0) is 17.5 Å². The molecule has 0 aromatic heterocycles. The number of benzene rings is 2. The lowest BCUT2D eigenvalue weighted by Gasteiger charge is -2.25. The van der Waals surface area contributed by atoms with Crippen molar-refractivity contribution in [3.8, 4) is 0 Å². The molecule has 0 N–H and O–H groups in total. The molecule has 1 saturated heterocycles. The van der Waals surface area contributed by atoms with Gasteiger partial charge in [0.1, 0.15) is 24.9 Å². The average molecular weight is 396 g/mol. The Bertz CT molecular complexity index is 761. The van der Waals surface area contributed by atoms with Crippen LogP contribution < -0.4 is 0 Å². The van der Waals surface area contributed by atoms with Crippen molar-refractivity contribution in [2.24, 2.45) is 0 Å². The van der Waals surface area contributed by atoms with Crippen molar-refractivity contribution in [2.45, 2.75) is 51.0 Å². The molecular formula is C24H28O5. The molecule has 0 spiro atoms. The summed E-state index contributed by atoms with van der Waals surface area (Å²) in [6.45, 7) is 6.23. The largest absolute Gasteiger partial charge is 0.463 e. The van der Waals surface area contributed by atoms with E-state index in [9.17, 15) is 4.79 Å². The maximum absolute atomic E-state index is 11.3. The van der Waals surface area contributed by atoms with E-state index in [0.717, 1.165) is 11.1 Å². The number of hydrogen-bond donors (Lipinski definition) is 0. The molecule has 0 aliphatic carbocycles. The SMILES string of the molecule is C=CCC1O[C@@H](COC(C)=O)[C@H](OCc2ccccc2)[C@H]1OCc1ccccc1. The van der Waals surface area contributed by atoms with Gasteiger partial charge in [-0.2, -0.15) is 0 Å². The zero-order chi connectivity index (χ0) is 20.5. The lowest BCUT2D eigenvalue weighted by Crippen LogP contribution is -2.39. The predicted octanol–water partition coefficient (Wildman–Crippen LogP) is 4.06. The molecule has 1 fully saturated rings. The smallest absolute Gasteiger partial charge is 0.302 e. The minimum Gasteiger partial charge on any atom is -0.463 e. The number of hydrogen-bond acceptors (Lipinski definition) is 5. The zero-order valence-corrected chi connectivity index (χ0v) is 16.7. The van der Waals surface area contributed by atoms with Gasteiger partial charge in [0, 0.05) is 6.92 Å². The number of carbonyl (C=O) groups is 1. The van der Waals surface area contributed by atoms with E-state index in [1.54, 1.807) is 0 Å². The van der Waals surface area contributed by atoms with E-state index in [-0.39, 0.29) is 30.9 Å². The minimum atomic E-state index is -0.395. The molecule has 0 bridgehead atoms. The summed E-state index contributed by atoms with van der Waals surface area (Å²) in [4.78, 5) is 11.3. The van der Waals surface area contributed by atoms with Crippen molar-refractivity contribution >= 4 is 5.97 Å². The highest BCUT2D eigenvalue weighted by atomic mass is 16.6. The van der Waals surface area contributed by atoms with Crippen LogP contribution in [0.15, 0.2) is 73.3 Å². The van der Waals surface area contributed by atoms with Gasteiger partial charge in [0.2, 0.25) is 0 Å². The lowest BCUT2D eigenvalue weighted by atomic mass is 10.0. The summed E-state index contributed by atoms with van der Waals surface area (Å²) >= 11 is 0. The number of esters is 1. The van der Waals surface area contributed by atoms with Crippen LogP contribution in [0.5, 0.6) is 0 Å². The van der Waals surface area contributed by atoms with Crippen LogP contribution in [0.25, 0.3) is 0 Å². The van der Waals surface area contributed by atoms with E-state index in [4.69, 9.17) is 18.9 Å². The van der Waals surface area contributed by atoms with Crippen molar-refractivity contribution in [3.63, 3.8) is 0 Å². The Kier molecular flexibility index (Phi) is 7.99. The fourth-order valence-corrected chi connectivity index (χ4v) is 3.43. The van der Waals surface area contributed by atoms with Crippen molar-refractivity contribution < 1.29 is 23.7 Å². The number of ether oxygens (including phenoxy) is 4. The summed E-state index contributed by atoms with van der Waals surface area (Å²) in [5, 5.41) is 0. The van der Waals surface area contributed by atoms with Crippen molar-refractivity contribution in [2.75, 3.05) is 6.61 Å². The second-order valence-electron chi connectivity index (χ2n) is 7.06. The quantitative estimate of drug-likeness (QED) is 0.448. The highest BCUT2D eigenvalue weighted by molar-refractivity contribution is 5.65. The highest BCUT2D eigenvalue weighted by Gasteiger charge is 2.46. The molecule has 5 heteroatoms. The van der Waals surface area contributed by atoms with Gasteiger partial charge in [-0.25, -0.2) is 0 Å². The summed E-state index contributed by atoms with van der Waals surface area (Å²) in [6, 6.07) is 19.9. The van der Waals surface area contributed by atoms with Gasteiger partial charge in [0.25, 0.3) is 0 Å². The van der Waals surface area contributed by atoms with Crippen LogP contribution in [0.2, 0.25) is 0 Å². The van der Waals surface area contributed by atoms with E-state index in [1.807, 2.05) is 66.7 Å². The Balaban J connectivity index is 1.73. The monoisotopic (exact) mass is 396 g/mol. The molecule has 1 aliphatic rings. The fraction of sp³-hybridized carbons (Fsp3) is 0.375. The van der Waals surface area contributed by atoms with Crippen LogP contribution in [0.3, 0.4) is 0 Å². The molecule has 0 radical (unpaired) electrons. The first-order valence-corrected chi connectivity index (χ1v) is 9.88. The van der Waals surface area contributed by atoms with Crippen molar-refractivity contribution in [1.82, 2.24) is 0 Å². The molecule has 4 atom stereocenters. The maximum atomic E-state index is 11.3. The molecule has 154 valence electrons. The van der Waals surface area contributed by atoms with E-state index in [1.165, 1.54) is 6.92 Å². The molecule has 1 heterocycles. The van der Waals surface area contributed by atoms with Gasteiger partial charge in [-0.1, -0.05) is 66.7 Å². The highest BCUT2D eigenvalue weighted by Crippen LogP contribution is 2.30. The Hall–Kier alpha value is -2.47.